The van der Waals surface area contributed by atoms with Crippen molar-refractivity contribution in [1.29, 1.82) is 0 Å². The van der Waals surface area contributed by atoms with E-state index in [0.29, 0.717) is 18.5 Å². The van der Waals surface area contributed by atoms with E-state index >= 15 is 0 Å². The Morgan fingerprint density at radius 1 is 0.970 bits per heavy atom. The van der Waals surface area contributed by atoms with Gasteiger partial charge in [-0.1, -0.05) is 43.2 Å². The number of hydrogen-bond donors (Lipinski definition) is 1. The minimum atomic E-state index is -1.07. The summed E-state index contributed by atoms with van der Waals surface area (Å²) in [6.07, 6.45) is 2.60. The molecule has 0 atom stereocenters. The van der Waals surface area contributed by atoms with Gasteiger partial charge in [-0.15, -0.1) is 0 Å². The van der Waals surface area contributed by atoms with Crippen LogP contribution < -0.4 is 5.32 Å². The maximum Gasteiger partial charge on any atom is 0.262 e. The number of amides is 4. The molecule has 0 bridgehead atoms. The quantitative estimate of drug-likeness (QED) is 0.625. The molecule has 0 aromatic heterocycles. The maximum atomic E-state index is 13.5. The second kappa shape index (κ2) is 9.54. The third-order valence-corrected chi connectivity index (χ3v) is 6.39. The highest BCUT2D eigenvalue weighted by Gasteiger charge is 2.49. The standard InChI is InChI=1S/C25H27N3O5/c1-33-16-15-28(21(29)17-27-22(30)19-11-5-6-12-20(19)23(27)31)25(13-7-8-14-25)24(32)26-18-9-3-2-4-10-18/h2-6,9-12H,7-8,13-17H2,1H3,(H,26,32). The third-order valence-electron chi connectivity index (χ3n) is 6.39. The zero-order valence-electron chi connectivity index (χ0n) is 18.6. The van der Waals surface area contributed by atoms with Crippen LogP contribution in [0.2, 0.25) is 0 Å². The van der Waals surface area contributed by atoms with Crippen LogP contribution in [0.25, 0.3) is 0 Å². The molecule has 8 nitrogen and oxygen atoms in total. The number of rotatable bonds is 8. The molecule has 2 aromatic carbocycles. The van der Waals surface area contributed by atoms with Gasteiger partial charge in [-0.25, -0.2) is 0 Å². The summed E-state index contributed by atoms with van der Waals surface area (Å²) in [6, 6.07) is 15.6. The normalized spacial score (nSPS) is 16.6. The number of ether oxygens (including phenoxy) is 1. The number of hydrogen-bond acceptors (Lipinski definition) is 5. The van der Waals surface area contributed by atoms with Gasteiger partial charge in [0.25, 0.3) is 11.8 Å². The zero-order chi connectivity index (χ0) is 23.4. The van der Waals surface area contributed by atoms with Gasteiger partial charge >= 0.3 is 0 Å². The first-order chi connectivity index (χ1) is 16.0. The summed E-state index contributed by atoms with van der Waals surface area (Å²) >= 11 is 0. The molecule has 1 N–H and O–H groups in total. The Morgan fingerprint density at radius 2 is 1.55 bits per heavy atom. The first-order valence-corrected chi connectivity index (χ1v) is 11.1. The molecule has 2 aromatic rings. The molecular formula is C25H27N3O5. The van der Waals surface area contributed by atoms with Crippen LogP contribution >= 0.6 is 0 Å². The number of methoxy groups -OCH3 is 1. The van der Waals surface area contributed by atoms with Crippen LogP contribution in [0.4, 0.5) is 5.69 Å². The van der Waals surface area contributed by atoms with E-state index in [9.17, 15) is 19.2 Å². The molecule has 4 amide bonds. The van der Waals surface area contributed by atoms with Crippen molar-refractivity contribution in [3.05, 3.63) is 65.7 Å². The van der Waals surface area contributed by atoms with E-state index in [1.165, 1.54) is 12.0 Å². The number of anilines is 1. The number of para-hydroxylation sites is 1. The number of nitrogens with zero attached hydrogens (tertiary/aromatic N) is 2. The molecule has 1 fully saturated rings. The maximum absolute atomic E-state index is 13.5. The van der Waals surface area contributed by atoms with E-state index in [2.05, 4.69) is 5.32 Å². The van der Waals surface area contributed by atoms with Gasteiger partial charge in [-0.05, 0) is 37.1 Å². The molecule has 8 heteroatoms. The highest BCUT2D eigenvalue weighted by molar-refractivity contribution is 6.22. The summed E-state index contributed by atoms with van der Waals surface area (Å²) in [5, 5.41) is 2.94. The van der Waals surface area contributed by atoms with Crippen molar-refractivity contribution in [3.63, 3.8) is 0 Å². The molecule has 0 spiro atoms. The average Bonchev–Trinajstić information content (AvgIpc) is 3.41. The Labute approximate surface area is 192 Å². The lowest BCUT2D eigenvalue weighted by Gasteiger charge is -2.40. The Balaban J connectivity index is 1.59. The van der Waals surface area contributed by atoms with E-state index in [1.54, 1.807) is 36.4 Å². The fourth-order valence-electron chi connectivity index (χ4n) is 4.71. The summed E-state index contributed by atoms with van der Waals surface area (Å²) in [5.74, 6) is -1.71. The van der Waals surface area contributed by atoms with Gasteiger partial charge in [0.2, 0.25) is 11.8 Å². The molecule has 172 valence electrons. The number of imide groups is 1. The van der Waals surface area contributed by atoms with E-state index in [1.807, 2.05) is 18.2 Å². The van der Waals surface area contributed by atoms with Crippen LogP contribution in [-0.2, 0) is 14.3 Å². The lowest BCUT2D eigenvalue weighted by molar-refractivity contribution is -0.146. The predicted octanol–water partition coefficient (Wildman–Crippen LogP) is 2.71. The van der Waals surface area contributed by atoms with Crippen LogP contribution in [0.5, 0.6) is 0 Å². The second-order valence-electron chi connectivity index (χ2n) is 8.34. The van der Waals surface area contributed by atoms with E-state index < -0.39 is 29.8 Å². The smallest absolute Gasteiger partial charge is 0.262 e. The molecule has 1 aliphatic heterocycles. The number of nitrogens with one attached hydrogen (secondary N) is 1. The van der Waals surface area contributed by atoms with Crippen LogP contribution in [0.3, 0.4) is 0 Å². The minimum Gasteiger partial charge on any atom is -0.383 e. The van der Waals surface area contributed by atoms with Crippen LogP contribution in [-0.4, -0.2) is 65.8 Å². The van der Waals surface area contributed by atoms with Gasteiger partial charge in [0.1, 0.15) is 12.1 Å². The van der Waals surface area contributed by atoms with Crippen molar-refractivity contribution < 1.29 is 23.9 Å². The van der Waals surface area contributed by atoms with E-state index in [-0.39, 0.29) is 30.2 Å². The summed E-state index contributed by atoms with van der Waals surface area (Å²) in [6.45, 7) is -0.00857. The van der Waals surface area contributed by atoms with Gasteiger partial charge in [-0.3, -0.25) is 24.1 Å². The zero-order valence-corrected chi connectivity index (χ0v) is 18.6. The van der Waals surface area contributed by atoms with Crippen LogP contribution in [0.15, 0.2) is 54.6 Å². The van der Waals surface area contributed by atoms with Crippen molar-refractivity contribution >= 4 is 29.3 Å². The van der Waals surface area contributed by atoms with Crippen LogP contribution in [0, 0.1) is 0 Å². The average molecular weight is 450 g/mol. The molecule has 0 radical (unpaired) electrons. The first kappa shape index (κ1) is 22.7. The fraction of sp³-hybridized carbons (Fsp3) is 0.360. The lowest BCUT2D eigenvalue weighted by atomic mass is 9.93. The summed E-state index contributed by atoms with van der Waals surface area (Å²) in [5.41, 5.74) is 0.157. The Hall–Kier alpha value is -3.52. The third kappa shape index (κ3) is 4.26. The number of carbonyl (C=O) groups is 4. The molecule has 4 rings (SSSR count). The van der Waals surface area contributed by atoms with Gasteiger partial charge in [-0.2, -0.15) is 0 Å². The minimum absolute atomic E-state index is 0.181. The van der Waals surface area contributed by atoms with Crippen molar-refractivity contribution in [2.75, 3.05) is 32.1 Å². The van der Waals surface area contributed by atoms with Gasteiger partial charge in [0.05, 0.1) is 17.7 Å². The molecule has 1 heterocycles. The van der Waals surface area contributed by atoms with Gasteiger partial charge < -0.3 is 15.0 Å². The molecule has 1 aliphatic carbocycles. The Bertz CT molecular complexity index is 1030. The topological polar surface area (TPSA) is 96.0 Å². The Morgan fingerprint density at radius 3 is 2.12 bits per heavy atom. The summed E-state index contributed by atoms with van der Waals surface area (Å²) in [4.78, 5) is 55.1. The number of carbonyl (C=O) groups excluding carboxylic acids is 4. The second-order valence-corrected chi connectivity index (χ2v) is 8.34. The van der Waals surface area contributed by atoms with Gasteiger partial charge in [0.15, 0.2) is 0 Å². The van der Waals surface area contributed by atoms with E-state index in [0.717, 1.165) is 17.7 Å². The van der Waals surface area contributed by atoms with Crippen molar-refractivity contribution in [1.82, 2.24) is 9.80 Å². The fourth-order valence-corrected chi connectivity index (χ4v) is 4.71. The van der Waals surface area contributed by atoms with Crippen molar-refractivity contribution in [2.24, 2.45) is 0 Å². The first-order valence-electron chi connectivity index (χ1n) is 11.1. The van der Waals surface area contributed by atoms with Gasteiger partial charge in [0, 0.05) is 19.3 Å². The van der Waals surface area contributed by atoms with Crippen molar-refractivity contribution in [3.8, 4) is 0 Å². The molecule has 0 unspecified atom stereocenters. The van der Waals surface area contributed by atoms with Crippen molar-refractivity contribution in [2.45, 2.75) is 31.2 Å². The molecule has 0 saturated heterocycles. The highest BCUT2D eigenvalue weighted by Crippen LogP contribution is 2.37. The highest BCUT2D eigenvalue weighted by atomic mass is 16.5. The monoisotopic (exact) mass is 449 g/mol. The largest absolute Gasteiger partial charge is 0.383 e. The number of benzene rings is 2. The Kier molecular flexibility index (Phi) is 6.55. The summed E-state index contributed by atoms with van der Waals surface area (Å²) < 4.78 is 5.21. The molecule has 2 aliphatic rings. The predicted molar refractivity (Wildman–Crippen MR) is 122 cm³/mol. The summed E-state index contributed by atoms with van der Waals surface area (Å²) in [7, 11) is 1.53. The lowest BCUT2D eigenvalue weighted by Crippen LogP contribution is -2.60. The van der Waals surface area contributed by atoms with E-state index in [4.69, 9.17) is 4.74 Å². The molecule has 1 saturated carbocycles. The molecular weight excluding hydrogens is 422 g/mol. The molecule has 33 heavy (non-hydrogen) atoms. The SMILES string of the molecule is COCCN(C(=O)CN1C(=O)c2ccccc2C1=O)C1(C(=O)Nc2ccccc2)CCCC1. The number of fused-ring (bicyclic) bond motifs is 1. The van der Waals surface area contributed by atoms with Crippen LogP contribution in [0.1, 0.15) is 46.4 Å².